The van der Waals surface area contributed by atoms with E-state index in [0.29, 0.717) is 38.2 Å². The van der Waals surface area contributed by atoms with Crippen LogP contribution in [0.25, 0.3) is 54.1 Å². The Bertz CT molecular complexity index is 2330. The molecule has 0 spiro atoms. The Morgan fingerprint density at radius 2 is 1.64 bits per heavy atom. The first kappa shape index (κ1) is 28.8. The number of aromatic nitrogens is 1. The summed E-state index contributed by atoms with van der Waals surface area (Å²) in [5.74, 6) is -1.71. The van der Waals surface area contributed by atoms with Crippen molar-refractivity contribution in [3.63, 3.8) is 0 Å². The van der Waals surface area contributed by atoms with E-state index >= 15 is 0 Å². The van der Waals surface area contributed by atoms with Crippen molar-refractivity contribution in [3.05, 3.63) is 136 Å². The molecule has 6 aromatic rings. The fourth-order valence-corrected chi connectivity index (χ4v) is 7.63. The van der Waals surface area contributed by atoms with Crippen LogP contribution in [0.2, 0.25) is 5.02 Å². The van der Waals surface area contributed by atoms with E-state index in [1.165, 1.54) is 65.9 Å². The van der Waals surface area contributed by atoms with Crippen LogP contribution < -0.4 is 0 Å². The van der Waals surface area contributed by atoms with E-state index in [2.05, 4.69) is 9.69 Å². The lowest BCUT2D eigenvalue weighted by atomic mass is 9.96. The summed E-state index contributed by atoms with van der Waals surface area (Å²) in [4.78, 5) is 18.4. The lowest BCUT2D eigenvalue weighted by Crippen LogP contribution is -2.14. The number of rotatable bonds is 6. The van der Waals surface area contributed by atoms with Gasteiger partial charge in [0.2, 0.25) is 5.00 Å². The highest BCUT2D eigenvalue weighted by Gasteiger charge is 2.30. The molecule has 0 unspecified atom stereocenters. The van der Waals surface area contributed by atoms with E-state index in [-0.39, 0.29) is 32.4 Å². The maximum Gasteiger partial charge on any atom is 0.335 e. The van der Waals surface area contributed by atoms with Crippen LogP contribution >= 0.6 is 22.9 Å². The van der Waals surface area contributed by atoms with Gasteiger partial charge in [0, 0.05) is 32.7 Å². The molecule has 0 amide bonds. The van der Waals surface area contributed by atoms with E-state index in [4.69, 9.17) is 24.7 Å². The molecule has 2 heterocycles. The lowest BCUT2D eigenvalue weighted by molar-refractivity contribution is 0.0697. The normalized spacial score (nSPS) is 11.3. The molecular weight excluding hydrogens is 621 g/mol. The maximum atomic E-state index is 14.8. The molecule has 0 bridgehead atoms. The largest absolute Gasteiger partial charge is 0.478 e. The van der Waals surface area contributed by atoms with Crippen molar-refractivity contribution in [1.82, 2.24) is 3.97 Å². The van der Waals surface area contributed by atoms with Crippen molar-refractivity contribution in [2.75, 3.05) is 0 Å². The summed E-state index contributed by atoms with van der Waals surface area (Å²) < 4.78 is 44.8. The predicted octanol–water partition coefficient (Wildman–Crippen LogP) is 9.53. The number of halogens is 2. The van der Waals surface area contributed by atoms with E-state index in [0.717, 1.165) is 3.97 Å². The molecule has 0 aliphatic rings. The number of nitrogens with zero attached hydrogens (tertiary/aromatic N) is 3. The van der Waals surface area contributed by atoms with Crippen molar-refractivity contribution in [1.29, 1.82) is 0 Å². The molecular formula is C33H17ClFN3O4S2. The smallest absolute Gasteiger partial charge is 0.335 e. The monoisotopic (exact) mass is 637 g/mol. The van der Waals surface area contributed by atoms with Crippen LogP contribution in [0.3, 0.4) is 0 Å². The van der Waals surface area contributed by atoms with Crippen molar-refractivity contribution in [3.8, 4) is 33.5 Å². The van der Waals surface area contributed by atoms with Gasteiger partial charge in [-0.25, -0.2) is 31.3 Å². The van der Waals surface area contributed by atoms with Gasteiger partial charge in [0.05, 0.1) is 34.8 Å². The number of thiophene rings is 1. The zero-order chi connectivity index (χ0) is 31.2. The van der Waals surface area contributed by atoms with Gasteiger partial charge in [0.15, 0.2) is 5.69 Å². The van der Waals surface area contributed by atoms with Crippen LogP contribution in [0.15, 0.2) is 101 Å². The quantitative estimate of drug-likeness (QED) is 0.184. The fraction of sp³-hybridized carbons (Fsp3) is 0. The van der Waals surface area contributed by atoms with Crippen LogP contribution in [-0.4, -0.2) is 23.5 Å². The van der Waals surface area contributed by atoms with Crippen LogP contribution in [0, 0.1) is 19.0 Å². The summed E-state index contributed by atoms with van der Waals surface area (Å²) in [5, 5.41) is 11.9. The first-order chi connectivity index (χ1) is 21.1. The van der Waals surface area contributed by atoms with Crippen LogP contribution in [0.4, 0.5) is 15.1 Å². The number of carbonyl (C=O) groups is 1. The van der Waals surface area contributed by atoms with E-state index in [9.17, 15) is 22.7 Å². The lowest BCUT2D eigenvalue weighted by Gasteiger charge is -2.15. The summed E-state index contributed by atoms with van der Waals surface area (Å²) in [6.07, 6.45) is 0. The van der Waals surface area contributed by atoms with Gasteiger partial charge in [-0.05, 0) is 47.3 Å². The molecule has 0 fully saturated rings. The number of aromatic carboxylic acids is 1. The second kappa shape index (κ2) is 11.1. The third kappa shape index (κ3) is 4.81. The molecule has 4 aromatic carbocycles. The van der Waals surface area contributed by atoms with Gasteiger partial charge in [-0.15, -0.1) is 0 Å². The molecule has 44 heavy (non-hydrogen) atoms. The van der Waals surface area contributed by atoms with Crippen LogP contribution in [0.5, 0.6) is 0 Å². The number of fused-ring (bicyclic) bond motifs is 1. The molecule has 0 saturated carbocycles. The van der Waals surface area contributed by atoms with Gasteiger partial charge in [-0.2, -0.15) is 11.3 Å². The highest BCUT2D eigenvalue weighted by Crippen LogP contribution is 2.48. The zero-order valence-electron chi connectivity index (χ0n) is 22.3. The summed E-state index contributed by atoms with van der Waals surface area (Å²) in [6, 6.07) is 22.2. The Hall–Kier alpha value is -5.26. The van der Waals surface area contributed by atoms with Gasteiger partial charge < -0.3 is 5.11 Å². The van der Waals surface area contributed by atoms with Crippen LogP contribution in [0.1, 0.15) is 10.4 Å². The zero-order valence-corrected chi connectivity index (χ0v) is 24.7. The maximum absolute atomic E-state index is 14.8. The second-order valence-corrected chi connectivity index (χ2v) is 12.7. The summed E-state index contributed by atoms with van der Waals surface area (Å²) in [5.41, 5.74) is 3.00. The molecule has 0 aliphatic heterocycles. The Kier molecular flexibility index (Phi) is 7.28. The molecule has 0 saturated heterocycles. The van der Waals surface area contributed by atoms with Gasteiger partial charge in [0.25, 0.3) is 10.0 Å². The molecule has 7 nitrogen and oxygen atoms in total. The first-order valence-corrected chi connectivity index (χ1v) is 15.5. The molecule has 2 aromatic heterocycles. The average Bonchev–Trinajstić information content (AvgIpc) is 3.63. The highest BCUT2D eigenvalue weighted by molar-refractivity contribution is 7.90. The van der Waals surface area contributed by atoms with Gasteiger partial charge >= 0.3 is 5.97 Å². The van der Waals surface area contributed by atoms with Crippen molar-refractivity contribution in [2.45, 2.75) is 4.90 Å². The SMILES string of the molecule is [C-]#[N+]c1ccc(S(=O)(=O)n2c(-c3cccc(-c4ccc(C(=O)O)cc4Cl)c3)c(-c3ccsc3[N+]#[C-])c3cc(F)ccc32)cc1. The van der Waals surface area contributed by atoms with E-state index < -0.39 is 21.8 Å². The number of benzene rings is 4. The predicted molar refractivity (Wildman–Crippen MR) is 170 cm³/mol. The summed E-state index contributed by atoms with van der Waals surface area (Å²) >= 11 is 7.67. The molecule has 0 radical (unpaired) electrons. The number of carboxylic acids is 1. The fourth-order valence-electron chi connectivity index (χ4n) is 5.11. The number of carboxylic acid groups (broad SMARTS) is 1. The number of hydrogen-bond donors (Lipinski definition) is 1. The third-order valence-corrected chi connectivity index (χ3v) is 9.92. The Morgan fingerprint density at radius 1 is 0.886 bits per heavy atom. The Morgan fingerprint density at radius 3 is 2.32 bits per heavy atom. The standard InChI is InChI=1S/C33H17ClFN3O4S2/c1-36-23-8-10-24(11-9-23)44(41,42)38-29-13-7-22(35)18-27(29)30(26-14-15-43-32(26)37-2)31(38)20-5-3-4-19(16-20)25-12-6-21(33(39)40)17-28(25)34/h3-18H,(H,39,40). The minimum absolute atomic E-state index is 0.0128. The summed E-state index contributed by atoms with van der Waals surface area (Å²) in [7, 11) is -4.35. The van der Waals surface area contributed by atoms with E-state index in [1.54, 1.807) is 41.8 Å². The molecule has 6 rings (SSSR count). The molecule has 11 heteroatoms. The molecule has 214 valence electrons. The minimum Gasteiger partial charge on any atom is -0.478 e. The van der Waals surface area contributed by atoms with Crippen molar-refractivity contribution >= 4 is 60.5 Å². The Balaban J connectivity index is 1.72. The van der Waals surface area contributed by atoms with Gasteiger partial charge in [-0.3, -0.25) is 0 Å². The first-order valence-electron chi connectivity index (χ1n) is 12.8. The van der Waals surface area contributed by atoms with E-state index in [1.807, 2.05) is 0 Å². The van der Waals surface area contributed by atoms with Gasteiger partial charge in [0.1, 0.15) is 5.82 Å². The van der Waals surface area contributed by atoms with Crippen molar-refractivity contribution < 1.29 is 22.7 Å². The minimum atomic E-state index is -4.35. The van der Waals surface area contributed by atoms with Crippen molar-refractivity contribution in [2.24, 2.45) is 0 Å². The number of hydrogen-bond acceptors (Lipinski definition) is 4. The topological polar surface area (TPSA) is 85.1 Å². The second-order valence-electron chi connectivity index (χ2n) is 9.59. The summed E-state index contributed by atoms with van der Waals surface area (Å²) in [6.45, 7) is 15.0. The highest BCUT2D eigenvalue weighted by atomic mass is 35.5. The van der Waals surface area contributed by atoms with Crippen LogP contribution in [-0.2, 0) is 10.0 Å². The Labute approximate surface area is 260 Å². The average molecular weight is 638 g/mol. The third-order valence-electron chi connectivity index (χ3n) is 7.07. The molecule has 0 aliphatic carbocycles. The molecule has 0 atom stereocenters. The van der Waals surface area contributed by atoms with Gasteiger partial charge in [-0.1, -0.05) is 66.2 Å². The molecule has 1 N–H and O–H groups in total.